The van der Waals surface area contributed by atoms with E-state index in [0.717, 1.165) is 29.2 Å². The molecule has 236 valence electrons. The number of hydrogen-bond donors (Lipinski definition) is 2. The summed E-state index contributed by atoms with van der Waals surface area (Å²) >= 11 is 21.8. The monoisotopic (exact) mass is 791 g/mol. The quantitative estimate of drug-likeness (QED) is 0.134. The summed E-state index contributed by atoms with van der Waals surface area (Å²) in [4.78, 5) is 9.74. The maximum atomic E-state index is 9.36. The summed E-state index contributed by atoms with van der Waals surface area (Å²) in [6.45, 7) is 0. The van der Waals surface area contributed by atoms with Gasteiger partial charge in [0.25, 0.3) is 0 Å². The normalized spacial score (nSPS) is 11.9. The van der Waals surface area contributed by atoms with Crippen molar-refractivity contribution in [3.05, 3.63) is 155 Å². The maximum absolute atomic E-state index is 9.36. The summed E-state index contributed by atoms with van der Waals surface area (Å²) in [6, 6.07) is 44.4. The molecule has 2 aliphatic heterocycles. The molecule has 8 rings (SSSR count). The second-order valence-corrected chi connectivity index (χ2v) is 16.0. The molecule has 6 aromatic carbocycles. The van der Waals surface area contributed by atoms with E-state index >= 15 is 0 Å². The minimum Gasteiger partial charge on any atom is -0.423 e. The third-order valence-corrected chi connectivity index (χ3v) is 13.1. The second kappa shape index (κ2) is 16.9. The third kappa shape index (κ3) is 9.07. The molecule has 0 aliphatic carbocycles. The van der Waals surface area contributed by atoms with Crippen LogP contribution in [0.5, 0.6) is 0 Å². The molecule has 2 heterocycles. The van der Waals surface area contributed by atoms with Crippen molar-refractivity contribution in [2.24, 2.45) is 0 Å². The lowest BCUT2D eigenvalue weighted by Gasteiger charge is -2.21. The molecule has 0 bridgehead atoms. The molecule has 0 spiro atoms. The topological polar surface area (TPSA) is 40.5 Å². The zero-order valence-electron chi connectivity index (χ0n) is 24.9. The lowest BCUT2D eigenvalue weighted by molar-refractivity contribution is 0.424. The summed E-state index contributed by atoms with van der Waals surface area (Å²) in [5.41, 5.74) is 3.06. The predicted octanol–water partition coefficient (Wildman–Crippen LogP) is 12.2. The highest BCUT2D eigenvalue weighted by molar-refractivity contribution is 9.10. The summed E-state index contributed by atoms with van der Waals surface area (Å²) in [7, 11) is -1.41. The van der Waals surface area contributed by atoms with E-state index in [0.29, 0.717) is 5.46 Å². The number of rotatable bonds is 2. The van der Waals surface area contributed by atoms with Crippen LogP contribution in [0.3, 0.4) is 0 Å². The molecule has 2 nitrogen and oxygen atoms in total. The van der Waals surface area contributed by atoms with E-state index in [9.17, 15) is 10.0 Å². The van der Waals surface area contributed by atoms with Crippen LogP contribution in [0, 0.1) is 7.43 Å². The molecule has 10 heteroatoms. The van der Waals surface area contributed by atoms with Gasteiger partial charge >= 0.3 is 7.12 Å². The number of fused-ring (bicyclic) bond motifs is 4. The van der Waals surface area contributed by atoms with Crippen molar-refractivity contribution < 1.29 is 10.0 Å². The third-order valence-electron chi connectivity index (χ3n) is 6.79. The van der Waals surface area contributed by atoms with Gasteiger partial charge in [-0.25, -0.2) is 0 Å². The molecule has 0 amide bonds. The number of hydrogen-bond acceptors (Lipinski definition) is 6. The molecule has 0 aromatic heterocycles. The highest BCUT2D eigenvalue weighted by Gasteiger charge is 2.24. The Morgan fingerprint density at radius 2 is 0.894 bits per heavy atom. The summed E-state index contributed by atoms with van der Waals surface area (Å²) in [6.07, 6.45) is 0. The number of halogens is 3. The average molecular weight is 794 g/mol. The van der Waals surface area contributed by atoms with Crippen molar-refractivity contribution in [1.29, 1.82) is 0 Å². The Morgan fingerprint density at radius 1 is 0.468 bits per heavy atom. The van der Waals surface area contributed by atoms with Crippen LogP contribution in [0.4, 0.5) is 0 Å². The largest absolute Gasteiger partial charge is 0.489 e. The molecule has 0 unspecified atom stereocenters. The Bertz CT molecular complexity index is 1950. The van der Waals surface area contributed by atoms with Crippen LogP contribution in [0.1, 0.15) is 0 Å². The molecule has 47 heavy (non-hydrogen) atoms. The van der Waals surface area contributed by atoms with Gasteiger partial charge in [0.05, 0.1) is 0 Å². The van der Waals surface area contributed by atoms with Crippen molar-refractivity contribution in [3.63, 3.8) is 0 Å². The highest BCUT2D eigenvalue weighted by Crippen LogP contribution is 2.51. The van der Waals surface area contributed by atoms with Gasteiger partial charge in [-0.1, -0.05) is 147 Å². The van der Waals surface area contributed by atoms with Gasteiger partial charge in [-0.2, -0.15) is 0 Å². The van der Waals surface area contributed by atoms with Gasteiger partial charge in [-0.15, -0.1) is 0 Å². The fourth-order valence-corrected chi connectivity index (χ4v) is 9.93. The van der Waals surface area contributed by atoms with E-state index in [4.69, 9.17) is 23.2 Å². The van der Waals surface area contributed by atoms with Gasteiger partial charge in [0.2, 0.25) is 0 Å². The smallest absolute Gasteiger partial charge is 0.423 e. The van der Waals surface area contributed by atoms with E-state index in [1.54, 1.807) is 29.6 Å². The first-order chi connectivity index (χ1) is 22.4. The van der Waals surface area contributed by atoms with Gasteiger partial charge < -0.3 is 17.5 Å². The van der Waals surface area contributed by atoms with Crippen LogP contribution in [-0.2, 0) is 0 Å². The molecule has 0 radical (unpaired) electrons. The Balaban J connectivity index is 0.000000150. The van der Waals surface area contributed by atoms with Crippen LogP contribution >= 0.6 is 86.2 Å². The zero-order chi connectivity index (χ0) is 32.0. The van der Waals surface area contributed by atoms with Gasteiger partial charge in [-0.3, -0.25) is 0 Å². The first kappa shape index (κ1) is 36.1. The van der Waals surface area contributed by atoms with Crippen molar-refractivity contribution in [3.8, 4) is 11.1 Å². The van der Waals surface area contributed by atoms with Crippen LogP contribution < -0.4 is 5.46 Å². The van der Waals surface area contributed by atoms with Crippen molar-refractivity contribution in [1.82, 2.24) is 0 Å². The van der Waals surface area contributed by atoms with Crippen molar-refractivity contribution in [2.45, 2.75) is 39.2 Å². The molecule has 2 aliphatic rings. The summed E-state index contributed by atoms with van der Waals surface area (Å²) < 4.78 is 1.06. The molecule has 0 atom stereocenters. The van der Waals surface area contributed by atoms with E-state index in [-0.39, 0.29) is 7.43 Å². The number of benzene rings is 6. The lowest BCUT2D eigenvalue weighted by atomic mass is 9.80. The van der Waals surface area contributed by atoms with E-state index < -0.39 is 7.12 Å². The zero-order valence-corrected chi connectivity index (χ0v) is 31.3. The fraction of sp³-hybridized carbons (Fsp3) is 0. The van der Waals surface area contributed by atoms with Crippen molar-refractivity contribution in [2.75, 3.05) is 0 Å². The first-order valence-corrected chi connectivity index (χ1v) is 18.9. The Kier molecular flexibility index (Phi) is 13.0. The van der Waals surface area contributed by atoms with E-state index in [1.165, 1.54) is 35.6 Å². The first-order valence-electron chi connectivity index (χ1n) is 14.0. The predicted molar refractivity (Wildman–Crippen MR) is 208 cm³/mol. The van der Waals surface area contributed by atoms with E-state index in [2.05, 4.69) is 82.7 Å². The minimum atomic E-state index is -1.41. The lowest BCUT2D eigenvalue weighted by Crippen LogP contribution is -2.32. The Morgan fingerprint density at radius 3 is 1.40 bits per heavy atom. The molecule has 0 saturated carbocycles. The fourth-order valence-electron chi connectivity index (χ4n) is 4.61. The second-order valence-electron chi connectivity index (χ2n) is 9.93. The molecule has 2 N–H and O–H groups in total. The van der Waals surface area contributed by atoms with Gasteiger partial charge in [0.1, 0.15) is 0 Å². The standard InChI is InChI=1S/C18H11ClS2.C12H9BO2S2.C6H4BrCl.CH3/c19-13-10-8-12(9-11-13)14-4-3-7-17-18(14)21-16-6-2-1-5-15(16)20-17;14-13(15)8-4-3-7-11-12(8)17-10-6-2-1-5-9(10)16-11;7-5-1-3-6(8)4-2-5;/h1-11H;1-7,14-15H;1-4H;1H3/q;;;-1. The van der Waals surface area contributed by atoms with Crippen molar-refractivity contribution >= 4 is 98.8 Å². The maximum Gasteiger partial charge on any atom is 0.489 e. The molecular formula is C37H27BBrCl2O2S4-. The molecular weight excluding hydrogens is 766 g/mol. The SMILES string of the molecule is Clc1ccc(-c2cccc3c2Sc2ccccc2S3)cc1.Clc1ccc(Br)cc1.OB(O)c1cccc2c1Sc1ccccc1S2.[CH3-]. The van der Waals surface area contributed by atoms with Crippen LogP contribution in [-0.4, -0.2) is 17.2 Å². The Hall–Kier alpha value is -2.24. The van der Waals surface area contributed by atoms with Crippen LogP contribution in [0.25, 0.3) is 11.1 Å². The summed E-state index contributed by atoms with van der Waals surface area (Å²) in [5.74, 6) is 0. The average Bonchev–Trinajstić information content (AvgIpc) is 3.08. The van der Waals surface area contributed by atoms with Crippen LogP contribution in [0.15, 0.2) is 177 Å². The summed E-state index contributed by atoms with van der Waals surface area (Å²) in [5, 5.41) is 20.3. The van der Waals surface area contributed by atoms with E-state index in [1.807, 2.05) is 84.2 Å². The van der Waals surface area contributed by atoms with Gasteiger partial charge in [0, 0.05) is 53.7 Å². The van der Waals surface area contributed by atoms with Crippen LogP contribution in [0.2, 0.25) is 10.0 Å². The molecule has 6 aromatic rings. The molecule has 0 saturated heterocycles. The highest BCUT2D eigenvalue weighted by atomic mass is 79.9. The molecule has 0 fully saturated rings. The minimum absolute atomic E-state index is 0. The Labute approximate surface area is 312 Å². The van der Waals surface area contributed by atoms with Gasteiger partial charge in [-0.05, 0) is 89.4 Å². The van der Waals surface area contributed by atoms with Gasteiger partial charge in [0.15, 0.2) is 0 Å².